The van der Waals surface area contributed by atoms with Crippen molar-refractivity contribution >= 4 is 49.9 Å². The van der Waals surface area contributed by atoms with Gasteiger partial charge in [0.25, 0.3) is 14.4 Å². The number of carbonyl (C=O) groups excluding carboxylic acids is 1. The fraction of sp³-hybridized carbons (Fsp3) is 0.368. The molecule has 3 fully saturated rings. The number of methoxy groups -OCH3 is 1. The number of imidazole rings is 1. The van der Waals surface area contributed by atoms with E-state index in [2.05, 4.69) is 99.1 Å². The Hall–Kier alpha value is -3.87. The predicted octanol–water partition coefficient (Wildman–Crippen LogP) is 5.77. The minimum atomic E-state index is -2.14. The van der Waals surface area contributed by atoms with E-state index in [1.54, 1.807) is 25.6 Å². The normalized spacial score (nSPS) is 26.5. The largest absolute Gasteiger partial charge is 0.374 e. The van der Waals surface area contributed by atoms with E-state index in [1.165, 1.54) is 16.7 Å². The number of anilines is 1. The predicted molar refractivity (Wildman–Crippen MR) is 200 cm³/mol. The van der Waals surface area contributed by atoms with Crippen LogP contribution in [-0.2, 0) is 18.5 Å². The van der Waals surface area contributed by atoms with Crippen molar-refractivity contribution in [1.82, 2.24) is 24.2 Å². The van der Waals surface area contributed by atoms with Gasteiger partial charge in [0, 0.05) is 25.3 Å². The lowest BCUT2D eigenvalue weighted by Gasteiger charge is -2.32. The smallest absolute Gasteiger partial charge is 0.259 e. The lowest BCUT2D eigenvalue weighted by atomic mass is 10.1. The van der Waals surface area contributed by atoms with Crippen molar-refractivity contribution in [3.05, 3.63) is 109 Å². The maximum Gasteiger partial charge on any atom is 0.259 e. The first kappa shape index (κ1) is 34.2. The van der Waals surface area contributed by atoms with Gasteiger partial charge in [0.2, 0.25) is 0 Å². The average Bonchev–Trinajstić information content (AvgIpc) is 3.97. The van der Waals surface area contributed by atoms with Crippen LogP contribution in [0.2, 0.25) is 12.6 Å². The molecular weight excluding hydrogens is 680 g/mol. The third kappa shape index (κ3) is 6.44. The van der Waals surface area contributed by atoms with Gasteiger partial charge in [-0.1, -0.05) is 103 Å². The number of ether oxygens (including phenoxy) is 2. The molecule has 13 heteroatoms. The van der Waals surface area contributed by atoms with Gasteiger partial charge in [-0.3, -0.25) is 9.36 Å². The van der Waals surface area contributed by atoms with Crippen molar-refractivity contribution in [3.8, 4) is 0 Å². The molecule has 0 saturated carbocycles. The van der Waals surface area contributed by atoms with Crippen molar-refractivity contribution in [1.29, 1.82) is 0 Å². The van der Waals surface area contributed by atoms with Gasteiger partial charge in [-0.05, 0) is 37.4 Å². The van der Waals surface area contributed by atoms with Gasteiger partial charge in [0.05, 0.1) is 18.5 Å². The first-order valence-corrected chi connectivity index (χ1v) is 21.6. The summed E-state index contributed by atoms with van der Waals surface area (Å²) < 4.78 is 31.2. The Kier molecular flexibility index (Phi) is 9.82. The standard InChI is InChI=1S/C38H43N6O5PSi/c1-4-30-33(34(46-2)38(47-30)43-25-41-32-35(39-24-40-36(32)43)42-37(45)26-15-8-5-9-16-26)49-50-44-22-14-21-29(44)31(48-50)23-51(3,27-17-10-6-11-18-27)28-19-12-7-13-20-28/h5-13,15-20,24-25,29-31,33-34,38H,4,14,21-23H2,1-3H3,(H,39,40,42,45)/t29-,30+,31+,33-,34?,38+,50+/m0/s1. The minimum Gasteiger partial charge on any atom is -0.374 e. The highest BCUT2D eigenvalue weighted by atomic mass is 31.2. The Labute approximate surface area is 300 Å². The van der Waals surface area contributed by atoms with E-state index in [1.807, 2.05) is 22.8 Å². The van der Waals surface area contributed by atoms with Crippen LogP contribution in [0.15, 0.2) is 104 Å². The number of aromatic nitrogens is 4. The number of hydrogen-bond acceptors (Lipinski definition) is 9. The molecule has 51 heavy (non-hydrogen) atoms. The Bertz CT molecular complexity index is 1920. The molecule has 0 spiro atoms. The second-order valence-electron chi connectivity index (χ2n) is 13.6. The molecule has 0 radical (unpaired) electrons. The molecule has 5 heterocycles. The van der Waals surface area contributed by atoms with Gasteiger partial charge in [0.15, 0.2) is 23.2 Å². The monoisotopic (exact) mass is 722 g/mol. The van der Waals surface area contributed by atoms with E-state index >= 15 is 0 Å². The first-order valence-electron chi connectivity index (χ1n) is 17.7. The summed E-state index contributed by atoms with van der Waals surface area (Å²) in [6.07, 6.45) is 4.48. The third-order valence-corrected chi connectivity index (χ3v) is 16.9. The Balaban J connectivity index is 1.04. The van der Waals surface area contributed by atoms with Crippen LogP contribution >= 0.6 is 8.53 Å². The molecule has 1 unspecified atom stereocenters. The van der Waals surface area contributed by atoms with Crippen molar-refractivity contribution in [2.45, 2.75) is 75.5 Å². The van der Waals surface area contributed by atoms with Crippen LogP contribution in [-0.4, -0.2) is 82.3 Å². The molecule has 1 amide bonds. The van der Waals surface area contributed by atoms with E-state index < -0.39 is 28.9 Å². The summed E-state index contributed by atoms with van der Waals surface area (Å²) in [6.45, 7) is 5.53. The van der Waals surface area contributed by atoms with Crippen molar-refractivity contribution in [2.75, 3.05) is 19.0 Å². The highest BCUT2D eigenvalue weighted by Crippen LogP contribution is 2.59. The summed E-state index contributed by atoms with van der Waals surface area (Å²) in [5.74, 6) is 0.0550. The highest BCUT2D eigenvalue weighted by molar-refractivity contribution is 7.45. The van der Waals surface area contributed by atoms with E-state index in [0.29, 0.717) is 28.6 Å². The topological polar surface area (TPSA) is 113 Å². The lowest BCUT2D eigenvalue weighted by molar-refractivity contribution is -0.0493. The van der Waals surface area contributed by atoms with E-state index in [4.69, 9.17) is 18.5 Å². The van der Waals surface area contributed by atoms with E-state index in [-0.39, 0.29) is 24.2 Å². The molecule has 0 bridgehead atoms. The zero-order chi connectivity index (χ0) is 35.0. The van der Waals surface area contributed by atoms with Crippen LogP contribution in [0.5, 0.6) is 0 Å². The second-order valence-corrected chi connectivity index (χ2v) is 19.3. The highest BCUT2D eigenvalue weighted by Gasteiger charge is 2.54. The maximum atomic E-state index is 13.0. The molecule has 3 aliphatic rings. The van der Waals surface area contributed by atoms with Gasteiger partial charge >= 0.3 is 0 Å². The summed E-state index contributed by atoms with van der Waals surface area (Å²) in [6, 6.07) is 32.3. The van der Waals surface area contributed by atoms with Crippen molar-refractivity contribution in [2.24, 2.45) is 0 Å². The van der Waals surface area contributed by atoms with Gasteiger partial charge in [0.1, 0.15) is 26.6 Å². The molecule has 1 N–H and O–H groups in total. The number of nitrogens with one attached hydrogen (secondary N) is 1. The molecule has 5 aromatic rings. The summed E-state index contributed by atoms with van der Waals surface area (Å²) in [5.41, 5.74) is 1.52. The average molecular weight is 723 g/mol. The fourth-order valence-electron chi connectivity index (χ4n) is 7.92. The van der Waals surface area contributed by atoms with Crippen LogP contribution in [0.4, 0.5) is 5.82 Å². The number of benzene rings is 3. The molecule has 0 aliphatic carbocycles. The van der Waals surface area contributed by atoms with Crippen LogP contribution in [0, 0.1) is 0 Å². The summed E-state index contributed by atoms with van der Waals surface area (Å²) >= 11 is 0. The fourth-order valence-corrected chi connectivity index (χ4v) is 13.9. The summed E-state index contributed by atoms with van der Waals surface area (Å²) in [5, 5.41) is 5.72. The summed E-state index contributed by atoms with van der Waals surface area (Å²) in [7, 11) is -1.80. The molecule has 11 nitrogen and oxygen atoms in total. The SMILES string of the molecule is CC[C@H]1O[C@@H](n2cnc3c(NC(=O)c4ccccc4)ncnc32)C(OC)[C@H]1O[P@@]1O[C@H](C[Si](C)(c2ccccc2)c2ccccc2)[C@@H]2CCCN21. The van der Waals surface area contributed by atoms with Gasteiger partial charge < -0.3 is 23.8 Å². The zero-order valence-corrected chi connectivity index (χ0v) is 30.9. The zero-order valence-electron chi connectivity index (χ0n) is 29.0. The molecular formula is C38H43N6O5PSi. The number of hydrogen-bond donors (Lipinski definition) is 1. The molecule has 7 atom stereocenters. The Morgan fingerprint density at radius 2 is 1.63 bits per heavy atom. The third-order valence-electron chi connectivity index (χ3n) is 10.6. The maximum absolute atomic E-state index is 13.0. The number of amides is 1. The molecule has 3 aliphatic heterocycles. The number of nitrogens with zero attached hydrogens (tertiary/aromatic N) is 5. The van der Waals surface area contributed by atoms with Crippen LogP contribution in [0.3, 0.4) is 0 Å². The van der Waals surface area contributed by atoms with Gasteiger partial charge in [-0.25, -0.2) is 19.6 Å². The van der Waals surface area contributed by atoms with Gasteiger partial charge in [-0.2, -0.15) is 0 Å². The van der Waals surface area contributed by atoms with Crippen LogP contribution < -0.4 is 15.7 Å². The van der Waals surface area contributed by atoms with Crippen molar-refractivity contribution < 1.29 is 23.3 Å². The number of rotatable bonds is 11. The molecule has 3 saturated heterocycles. The lowest BCUT2D eigenvalue weighted by Crippen LogP contribution is -2.58. The second kappa shape index (κ2) is 14.6. The number of fused-ring (bicyclic) bond motifs is 2. The summed E-state index contributed by atoms with van der Waals surface area (Å²) in [4.78, 5) is 26.5. The van der Waals surface area contributed by atoms with E-state index in [9.17, 15) is 4.79 Å². The molecule has 2 aromatic heterocycles. The minimum absolute atomic E-state index is 0.0636. The quantitative estimate of drug-likeness (QED) is 0.134. The molecule has 264 valence electrons. The molecule has 8 rings (SSSR count). The first-order chi connectivity index (χ1) is 25.0. The van der Waals surface area contributed by atoms with Crippen LogP contribution in [0.1, 0.15) is 42.8 Å². The van der Waals surface area contributed by atoms with Crippen LogP contribution in [0.25, 0.3) is 11.2 Å². The number of carbonyl (C=O) groups is 1. The van der Waals surface area contributed by atoms with E-state index in [0.717, 1.165) is 31.9 Å². The van der Waals surface area contributed by atoms with Crippen molar-refractivity contribution in [3.63, 3.8) is 0 Å². The molecule has 3 aromatic carbocycles. The Morgan fingerprint density at radius 1 is 0.941 bits per heavy atom. The van der Waals surface area contributed by atoms with Gasteiger partial charge in [-0.15, -0.1) is 0 Å². The Morgan fingerprint density at radius 3 is 2.29 bits per heavy atom.